The smallest absolute Gasteiger partial charge is 0.406 e. The standard InChI is InChI=1S/C28H45ClN4O5/c1-20-24(8-4-9-25(20)29)28(36,12-6-13-31-27(35)37-3)22-7-5-14-33(19-22)26(34)32-23(18-30-2)17-21-10-15-38-16-11-21/h4,8-9,21-23,30,36H,5-7,10-19H2,1-3H3,(H,31,35)(H,32,34). The molecule has 4 N–H and O–H groups in total. The maximum atomic E-state index is 13.4. The molecule has 2 aliphatic heterocycles. The number of hydrogen-bond acceptors (Lipinski definition) is 6. The second kappa shape index (κ2) is 14.9. The number of nitrogens with one attached hydrogen (secondary N) is 3. The molecule has 1 aromatic carbocycles. The normalized spacial score (nSPS) is 20.9. The van der Waals surface area contributed by atoms with Gasteiger partial charge in [-0.05, 0) is 82.0 Å². The van der Waals surface area contributed by atoms with E-state index >= 15 is 0 Å². The van der Waals surface area contributed by atoms with Gasteiger partial charge in [0.05, 0.1) is 12.7 Å². The van der Waals surface area contributed by atoms with Crippen LogP contribution in [0, 0.1) is 18.8 Å². The van der Waals surface area contributed by atoms with E-state index in [-0.39, 0.29) is 18.0 Å². The van der Waals surface area contributed by atoms with Crippen molar-refractivity contribution in [3.8, 4) is 0 Å². The number of carbonyl (C=O) groups is 2. The molecule has 3 amide bonds. The van der Waals surface area contributed by atoms with Crippen molar-refractivity contribution < 1.29 is 24.2 Å². The van der Waals surface area contributed by atoms with Gasteiger partial charge in [-0.1, -0.05) is 23.7 Å². The van der Waals surface area contributed by atoms with Crippen LogP contribution in [0.3, 0.4) is 0 Å². The summed E-state index contributed by atoms with van der Waals surface area (Å²) in [5, 5.41) is 22.0. The average Bonchev–Trinajstić information content (AvgIpc) is 2.93. The molecule has 0 aliphatic carbocycles. The molecular formula is C28H45ClN4O5. The molecule has 0 bridgehead atoms. The molecule has 0 aromatic heterocycles. The Morgan fingerprint density at radius 1 is 1.29 bits per heavy atom. The maximum Gasteiger partial charge on any atom is 0.406 e. The lowest BCUT2D eigenvalue weighted by molar-refractivity contribution is -0.0557. The number of piperidine rings is 1. The number of methoxy groups -OCH3 is 1. The highest BCUT2D eigenvalue weighted by Gasteiger charge is 2.42. The molecule has 38 heavy (non-hydrogen) atoms. The minimum Gasteiger partial charge on any atom is -0.453 e. The number of nitrogens with zero attached hydrogens (tertiary/aromatic N) is 1. The highest BCUT2D eigenvalue weighted by atomic mass is 35.5. The zero-order chi connectivity index (χ0) is 27.5. The maximum absolute atomic E-state index is 13.4. The third-order valence-corrected chi connectivity index (χ3v) is 8.45. The lowest BCUT2D eigenvalue weighted by Gasteiger charge is -2.44. The summed E-state index contributed by atoms with van der Waals surface area (Å²) in [7, 11) is 3.23. The minimum absolute atomic E-state index is 0.0365. The SMILES string of the molecule is CNCC(CC1CCOCC1)NC(=O)N1CCCC(C(O)(CCCNC(=O)OC)c2cccc(Cl)c2C)C1. The number of rotatable bonds is 11. The Morgan fingerprint density at radius 2 is 2.05 bits per heavy atom. The average molecular weight is 553 g/mol. The van der Waals surface area contributed by atoms with E-state index in [9.17, 15) is 14.7 Å². The van der Waals surface area contributed by atoms with Crippen LogP contribution in [0.5, 0.6) is 0 Å². The van der Waals surface area contributed by atoms with Gasteiger partial charge in [0.1, 0.15) is 0 Å². The first-order chi connectivity index (χ1) is 18.3. The number of benzene rings is 1. The van der Waals surface area contributed by atoms with E-state index in [1.165, 1.54) is 7.11 Å². The second-order valence-electron chi connectivity index (χ2n) is 10.6. The van der Waals surface area contributed by atoms with E-state index in [1.807, 2.05) is 37.1 Å². The van der Waals surface area contributed by atoms with Crippen molar-refractivity contribution in [2.24, 2.45) is 11.8 Å². The minimum atomic E-state index is -1.20. The topological polar surface area (TPSA) is 112 Å². The lowest BCUT2D eigenvalue weighted by atomic mass is 9.73. The van der Waals surface area contributed by atoms with Crippen LogP contribution in [0.15, 0.2) is 18.2 Å². The molecule has 214 valence electrons. The van der Waals surface area contributed by atoms with Crippen molar-refractivity contribution in [1.82, 2.24) is 20.9 Å². The first-order valence-corrected chi connectivity index (χ1v) is 14.2. The van der Waals surface area contributed by atoms with Gasteiger partial charge in [-0.25, -0.2) is 9.59 Å². The fraction of sp³-hybridized carbons (Fsp3) is 0.714. The Hall–Kier alpha value is -2.07. The summed E-state index contributed by atoms with van der Waals surface area (Å²) >= 11 is 6.45. The molecule has 2 saturated heterocycles. The molecule has 2 fully saturated rings. The summed E-state index contributed by atoms with van der Waals surface area (Å²) in [4.78, 5) is 26.8. The van der Waals surface area contributed by atoms with Crippen LogP contribution in [0.2, 0.25) is 5.02 Å². The van der Waals surface area contributed by atoms with Crippen molar-refractivity contribution in [2.45, 2.75) is 63.5 Å². The highest BCUT2D eigenvalue weighted by molar-refractivity contribution is 6.31. The second-order valence-corrected chi connectivity index (χ2v) is 11.0. The number of amides is 3. The molecular weight excluding hydrogens is 508 g/mol. The van der Waals surface area contributed by atoms with Gasteiger partial charge in [-0.15, -0.1) is 0 Å². The molecule has 3 atom stereocenters. The van der Waals surface area contributed by atoms with Gasteiger partial charge < -0.3 is 35.4 Å². The van der Waals surface area contributed by atoms with Crippen molar-refractivity contribution in [2.75, 3.05) is 53.6 Å². The zero-order valence-corrected chi connectivity index (χ0v) is 23.8. The molecule has 9 nitrogen and oxygen atoms in total. The zero-order valence-electron chi connectivity index (χ0n) is 23.1. The molecule has 2 aliphatic rings. The third kappa shape index (κ3) is 8.21. The Bertz CT molecular complexity index is 913. The van der Waals surface area contributed by atoms with Gasteiger partial charge in [0.25, 0.3) is 0 Å². The van der Waals surface area contributed by atoms with Crippen LogP contribution in [0.4, 0.5) is 9.59 Å². The van der Waals surface area contributed by atoms with Crippen LogP contribution < -0.4 is 16.0 Å². The van der Waals surface area contributed by atoms with Gasteiger partial charge in [0.15, 0.2) is 0 Å². The number of likely N-dealkylation sites (N-methyl/N-ethyl adjacent to an activating group) is 1. The van der Waals surface area contributed by atoms with E-state index in [0.29, 0.717) is 50.0 Å². The largest absolute Gasteiger partial charge is 0.453 e. The molecule has 0 spiro atoms. The number of likely N-dealkylation sites (tertiary alicyclic amines) is 1. The summed E-state index contributed by atoms with van der Waals surface area (Å²) in [6.45, 7) is 5.68. The van der Waals surface area contributed by atoms with Crippen molar-refractivity contribution in [1.29, 1.82) is 0 Å². The van der Waals surface area contributed by atoms with E-state index in [4.69, 9.17) is 16.3 Å². The first-order valence-electron chi connectivity index (χ1n) is 13.9. The van der Waals surface area contributed by atoms with Crippen molar-refractivity contribution in [3.63, 3.8) is 0 Å². The molecule has 3 unspecified atom stereocenters. The monoisotopic (exact) mass is 552 g/mol. The molecule has 1 aromatic rings. The van der Waals surface area contributed by atoms with Gasteiger partial charge in [0, 0.05) is 56.4 Å². The van der Waals surface area contributed by atoms with Gasteiger partial charge >= 0.3 is 12.1 Å². The number of halogens is 1. The van der Waals surface area contributed by atoms with E-state index in [0.717, 1.165) is 56.4 Å². The summed E-state index contributed by atoms with van der Waals surface area (Å²) in [5.74, 6) is 0.376. The predicted octanol–water partition coefficient (Wildman–Crippen LogP) is 3.80. The fourth-order valence-electron chi connectivity index (χ4n) is 5.90. The number of alkyl carbamates (subject to hydrolysis) is 1. The Labute approximate surface area is 232 Å². The first kappa shape index (κ1) is 30.5. The molecule has 2 heterocycles. The summed E-state index contributed by atoms with van der Waals surface area (Å²) in [5.41, 5.74) is 0.422. The summed E-state index contributed by atoms with van der Waals surface area (Å²) in [6.07, 6.45) is 5.05. The highest BCUT2D eigenvalue weighted by Crippen LogP contribution is 2.42. The Kier molecular flexibility index (Phi) is 12.0. The number of urea groups is 1. The quantitative estimate of drug-likeness (QED) is 0.311. The lowest BCUT2D eigenvalue weighted by Crippen LogP contribution is -2.54. The summed E-state index contributed by atoms with van der Waals surface area (Å²) in [6, 6.07) is 5.55. The predicted molar refractivity (Wildman–Crippen MR) is 148 cm³/mol. The van der Waals surface area contributed by atoms with Crippen molar-refractivity contribution >= 4 is 23.7 Å². The number of aliphatic hydroxyl groups is 1. The Balaban J connectivity index is 1.72. The van der Waals surface area contributed by atoms with Gasteiger partial charge in [-0.3, -0.25) is 0 Å². The van der Waals surface area contributed by atoms with E-state index < -0.39 is 11.7 Å². The van der Waals surface area contributed by atoms with Crippen LogP contribution in [-0.4, -0.2) is 81.7 Å². The van der Waals surface area contributed by atoms with Crippen molar-refractivity contribution in [3.05, 3.63) is 34.3 Å². The van der Waals surface area contributed by atoms with E-state index in [1.54, 1.807) is 0 Å². The van der Waals surface area contributed by atoms with Crippen LogP contribution in [0.25, 0.3) is 0 Å². The van der Waals surface area contributed by atoms with Gasteiger partial charge in [-0.2, -0.15) is 0 Å². The van der Waals surface area contributed by atoms with Crippen LogP contribution in [0.1, 0.15) is 56.1 Å². The van der Waals surface area contributed by atoms with Crippen LogP contribution >= 0.6 is 11.6 Å². The number of hydrogen-bond donors (Lipinski definition) is 4. The third-order valence-electron chi connectivity index (χ3n) is 8.04. The molecule has 10 heteroatoms. The number of carbonyl (C=O) groups excluding carboxylic acids is 2. The number of ether oxygens (including phenoxy) is 2. The fourth-order valence-corrected chi connectivity index (χ4v) is 6.07. The molecule has 0 saturated carbocycles. The van der Waals surface area contributed by atoms with Gasteiger partial charge in [0.2, 0.25) is 0 Å². The molecule has 0 radical (unpaired) electrons. The summed E-state index contributed by atoms with van der Waals surface area (Å²) < 4.78 is 10.2. The Morgan fingerprint density at radius 3 is 2.76 bits per heavy atom. The van der Waals surface area contributed by atoms with E-state index in [2.05, 4.69) is 20.7 Å². The molecule has 3 rings (SSSR count). The van der Waals surface area contributed by atoms with Crippen LogP contribution in [-0.2, 0) is 15.1 Å².